The first-order chi connectivity index (χ1) is 12.2. The van der Waals surface area contributed by atoms with E-state index in [1.54, 1.807) is 12.3 Å². The largest absolute Gasteiger partial charge is 0.353 e. The molecule has 0 bridgehead atoms. The first kappa shape index (κ1) is 14.8. The fraction of sp³-hybridized carbons (Fsp3) is 0.389. The number of fused-ring (bicyclic) bond motifs is 1. The molecule has 132 valence electrons. The predicted octanol–water partition coefficient (Wildman–Crippen LogP) is 2.98. The molecule has 25 heavy (non-hydrogen) atoms. The summed E-state index contributed by atoms with van der Waals surface area (Å²) < 4.78 is 14.5. The van der Waals surface area contributed by atoms with Gasteiger partial charge in [0, 0.05) is 39.6 Å². The Morgan fingerprint density at radius 3 is 3.00 bits per heavy atom. The number of halogens is 1. The van der Waals surface area contributed by atoms with E-state index >= 15 is 0 Å². The van der Waals surface area contributed by atoms with Crippen LogP contribution in [0.3, 0.4) is 0 Å². The molecule has 1 spiro atoms. The Labute approximate surface area is 147 Å². The number of nitrogens with zero attached hydrogens (tertiary/aromatic N) is 4. The van der Waals surface area contributed by atoms with Crippen LogP contribution in [0.4, 0.5) is 10.2 Å². The van der Waals surface area contributed by atoms with E-state index in [4.69, 9.17) is 0 Å². The van der Waals surface area contributed by atoms with Gasteiger partial charge < -0.3 is 10.2 Å². The first-order valence-electron chi connectivity index (χ1n) is 8.70. The number of hydrogen-bond donors (Lipinski definition) is 2. The highest BCUT2D eigenvalue weighted by atomic mass is 19.1. The molecule has 2 N–H and O–H groups in total. The summed E-state index contributed by atoms with van der Waals surface area (Å²) >= 11 is 0. The Balaban J connectivity index is 0.00000105. The van der Waals surface area contributed by atoms with Gasteiger partial charge in [-0.2, -0.15) is 5.10 Å². The van der Waals surface area contributed by atoms with Crippen molar-refractivity contribution >= 4 is 16.9 Å². The van der Waals surface area contributed by atoms with Gasteiger partial charge in [-0.1, -0.05) is 0 Å². The van der Waals surface area contributed by atoms with Gasteiger partial charge in [0.2, 0.25) is 0 Å². The fourth-order valence-electron chi connectivity index (χ4n) is 3.90. The molecule has 0 aromatic carbocycles. The monoisotopic (exact) mass is 342 g/mol. The number of nitrogens with one attached hydrogen (secondary N) is 2. The molecule has 6 nitrogen and oxygen atoms in total. The second-order valence-electron chi connectivity index (χ2n) is 6.96. The summed E-state index contributed by atoms with van der Waals surface area (Å²) in [6, 6.07) is 6.96. The lowest BCUT2D eigenvalue weighted by molar-refractivity contribution is 0.172. The Morgan fingerprint density at radius 2 is 2.16 bits per heavy atom. The lowest BCUT2D eigenvalue weighted by Crippen LogP contribution is -2.64. The molecular formula is C18H23FN6. The number of piperazine rings is 1. The lowest BCUT2D eigenvalue weighted by Gasteiger charge is -2.50. The van der Waals surface area contributed by atoms with Crippen LogP contribution in [0.15, 0.2) is 30.5 Å². The van der Waals surface area contributed by atoms with Crippen LogP contribution < -0.4 is 10.2 Å². The molecule has 5 rings (SSSR count). The van der Waals surface area contributed by atoms with E-state index < -0.39 is 0 Å². The number of pyridine rings is 2. The van der Waals surface area contributed by atoms with Crippen LogP contribution in [0.25, 0.3) is 22.4 Å². The summed E-state index contributed by atoms with van der Waals surface area (Å²) in [5.74, 6) is 0.461. The summed E-state index contributed by atoms with van der Waals surface area (Å²) in [6.07, 6.45) is 5.35. The van der Waals surface area contributed by atoms with E-state index in [0.29, 0.717) is 17.0 Å². The third-order valence-electron chi connectivity index (χ3n) is 5.41. The SMILES string of the molecule is Fc1ccc(N2CCNC3(CCC3)C2)nc1-c1[nH]nc2ncccc12.[HH].[HH]. The zero-order chi connectivity index (χ0) is 16.9. The van der Waals surface area contributed by atoms with Crippen LogP contribution in [0.2, 0.25) is 0 Å². The van der Waals surface area contributed by atoms with Crippen molar-refractivity contribution in [2.45, 2.75) is 24.8 Å². The highest BCUT2D eigenvalue weighted by molar-refractivity contribution is 5.89. The van der Waals surface area contributed by atoms with Gasteiger partial charge in [0.15, 0.2) is 11.5 Å². The zero-order valence-electron chi connectivity index (χ0n) is 13.8. The molecule has 0 radical (unpaired) electrons. The van der Waals surface area contributed by atoms with Crippen molar-refractivity contribution in [1.29, 1.82) is 0 Å². The summed E-state index contributed by atoms with van der Waals surface area (Å²) in [7, 11) is 0. The average Bonchev–Trinajstić information content (AvgIpc) is 3.05. The molecule has 0 unspecified atom stereocenters. The van der Waals surface area contributed by atoms with Crippen molar-refractivity contribution in [1.82, 2.24) is 25.5 Å². The van der Waals surface area contributed by atoms with Crippen LogP contribution in [0.1, 0.15) is 22.1 Å². The van der Waals surface area contributed by atoms with E-state index in [1.165, 1.54) is 25.3 Å². The van der Waals surface area contributed by atoms with E-state index in [0.717, 1.165) is 30.8 Å². The number of rotatable bonds is 2. The first-order valence-corrected chi connectivity index (χ1v) is 8.70. The smallest absolute Gasteiger partial charge is 0.181 e. The van der Waals surface area contributed by atoms with Crippen molar-refractivity contribution in [2.24, 2.45) is 0 Å². The Kier molecular flexibility index (Phi) is 3.24. The van der Waals surface area contributed by atoms with Gasteiger partial charge in [0.25, 0.3) is 0 Å². The molecular weight excluding hydrogens is 319 g/mol. The second-order valence-corrected chi connectivity index (χ2v) is 6.96. The van der Waals surface area contributed by atoms with Crippen LogP contribution in [0.5, 0.6) is 0 Å². The van der Waals surface area contributed by atoms with E-state index in [9.17, 15) is 4.39 Å². The Bertz CT molecular complexity index is 943. The molecule has 1 aliphatic heterocycles. The van der Waals surface area contributed by atoms with Crippen LogP contribution in [-0.2, 0) is 0 Å². The predicted molar refractivity (Wildman–Crippen MR) is 98.1 cm³/mol. The summed E-state index contributed by atoms with van der Waals surface area (Å²) in [4.78, 5) is 11.1. The minimum Gasteiger partial charge on any atom is -0.353 e. The molecule has 0 atom stereocenters. The molecule has 2 aliphatic rings. The lowest BCUT2D eigenvalue weighted by atomic mass is 9.75. The number of aromatic nitrogens is 4. The topological polar surface area (TPSA) is 69.7 Å². The van der Waals surface area contributed by atoms with E-state index in [1.807, 2.05) is 12.1 Å². The second kappa shape index (κ2) is 5.49. The molecule has 1 saturated carbocycles. The van der Waals surface area contributed by atoms with Gasteiger partial charge in [0.05, 0.1) is 5.69 Å². The van der Waals surface area contributed by atoms with Crippen LogP contribution >= 0.6 is 0 Å². The van der Waals surface area contributed by atoms with Crippen LogP contribution in [0, 0.1) is 5.82 Å². The van der Waals surface area contributed by atoms with Crippen molar-refractivity contribution in [3.05, 3.63) is 36.3 Å². The normalized spacial score (nSPS) is 19.3. The van der Waals surface area contributed by atoms with E-state index in [2.05, 4.69) is 30.4 Å². The molecule has 2 fully saturated rings. The number of hydrogen-bond acceptors (Lipinski definition) is 5. The highest BCUT2D eigenvalue weighted by Crippen LogP contribution is 2.36. The van der Waals surface area contributed by atoms with Gasteiger partial charge in [0.1, 0.15) is 11.5 Å². The standard InChI is InChI=1S/C18H19FN6.2H2/c19-13-4-5-14(25-10-9-21-18(11-25)6-2-7-18)22-16(13)15-12-3-1-8-20-17(12)24-23-15;;/h1,3-5,8,21H,2,6-7,9-11H2,(H,20,23,24);2*1H. The molecule has 1 aliphatic carbocycles. The number of anilines is 1. The third-order valence-corrected chi connectivity index (χ3v) is 5.41. The molecule has 4 heterocycles. The molecule has 7 heteroatoms. The minimum atomic E-state index is -0.355. The minimum absolute atomic E-state index is 0. The molecule has 0 amide bonds. The third kappa shape index (κ3) is 2.38. The van der Waals surface area contributed by atoms with Gasteiger partial charge >= 0.3 is 0 Å². The Hall–Kier alpha value is -2.54. The van der Waals surface area contributed by atoms with Gasteiger partial charge in [-0.25, -0.2) is 14.4 Å². The molecule has 1 saturated heterocycles. The highest BCUT2D eigenvalue weighted by Gasteiger charge is 2.40. The summed E-state index contributed by atoms with van der Waals surface area (Å²) in [5.41, 5.74) is 1.67. The van der Waals surface area contributed by atoms with Crippen molar-refractivity contribution in [3.63, 3.8) is 0 Å². The van der Waals surface area contributed by atoms with Gasteiger partial charge in [-0.3, -0.25) is 5.10 Å². The number of aromatic amines is 1. The van der Waals surface area contributed by atoms with E-state index in [-0.39, 0.29) is 14.2 Å². The summed E-state index contributed by atoms with van der Waals surface area (Å²) in [5, 5.41) is 11.5. The quantitative estimate of drug-likeness (QED) is 0.749. The van der Waals surface area contributed by atoms with Crippen LogP contribution in [-0.4, -0.2) is 45.3 Å². The van der Waals surface area contributed by atoms with Crippen molar-refractivity contribution in [2.75, 3.05) is 24.5 Å². The van der Waals surface area contributed by atoms with Gasteiger partial charge in [-0.05, 0) is 43.5 Å². The zero-order valence-corrected chi connectivity index (χ0v) is 13.8. The molecule has 3 aromatic rings. The summed E-state index contributed by atoms with van der Waals surface area (Å²) in [6.45, 7) is 2.74. The maximum Gasteiger partial charge on any atom is 0.181 e. The molecule has 3 aromatic heterocycles. The maximum atomic E-state index is 14.5. The average molecular weight is 342 g/mol. The van der Waals surface area contributed by atoms with Crippen molar-refractivity contribution in [3.8, 4) is 11.4 Å². The Morgan fingerprint density at radius 1 is 1.24 bits per heavy atom. The maximum absolute atomic E-state index is 14.5. The fourth-order valence-corrected chi connectivity index (χ4v) is 3.90. The number of H-pyrrole nitrogens is 1. The van der Waals surface area contributed by atoms with Crippen molar-refractivity contribution < 1.29 is 7.24 Å². The van der Waals surface area contributed by atoms with Gasteiger partial charge in [-0.15, -0.1) is 0 Å².